The normalized spacial score (nSPS) is 11.4. The molecule has 0 radical (unpaired) electrons. The molecule has 1 N–H and O–H groups in total. The van der Waals surface area contributed by atoms with Gasteiger partial charge >= 0.3 is 5.69 Å². The van der Waals surface area contributed by atoms with Crippen LogP contribution >= 0.6 is 0 Å². The minimum absolute atomic E-state index is 0.236. The van der Waals surface area contributed by atoms with Gasteiger partial charge in [0, 0.05) is 0 Å². The lowest BCUT2D eigenvalue weighted by Crippen LogP contribution is -2.39. The summed E-state index contributed by atoms with van der Waals surface area (Å²) < 4.78 is 16.1. The van der Waals surface area contributed by atoms with Gasteiger partial charge in [0.2, 0.25) is 0 Å². The van der Waals surface area contributed by atoms with Crippen molar-refractivity contribution in [2.24, 2.45) is 5.92 Å². The zero-order valence-electron chi connectivity index (χ0n) is 18.9. The van der Waals surface area contributed by atoms with Crippen molar-refractivity contribution < 1.29 is 4.39 Å². The number of para-hydroxylation sites is 1. The third-order valence-corrected chi connectivity index (χ3v) is 5.64. The first kappa shape index (κ1) is 22.7. The van der Waals surface area contributed by atoms with Crippen molar-refractivity contribution in [2.75, 3.05) is 13.1 Å². The van der Waals surface area contributed by atoms with E-state index in [1.807, 2.05) is 24.3 Å². The predicted molar refractivity (Wildman–Crippen MR) is 131 cm³/mol. The largest absolute Gasteiger partial charge is 0.336 e. The molecule has 0 bridgehead atoms. The second kappa shape index (κ2) is 9.96. The topological polar surface area (TPSA) is 56.0 Å². The number of aromatic nitrogens is 2. The molecule has 0 amide bonds. The molecule has 0 saturated heterocycles. The van der Waals surface area contributed by atoms with E-state index in [2.05, 4.69) is 19.2 Å². The fourth-order valence-corrected chi connectivity index (χ4v) is 3.91. The maximum Gasteiger partial charge on any atom is 0.336 e. The molecule has 1 aromatic heterocycles. The maximum absolute atomic E-state index is 13.5. The summed E-state index contributed by atoms with van der Waals surface area (Å²) in [6.45, 7) is 6.42. The zero-order chi connectivity index (χ0) is 23.4. The molecular formula is C27H28FN3O2. The van der Waals surface area contributed by atoms with E-state index in [0.29, 0.717) is 22.5 Å². The fraction of sp³-hybridized carbons (Fsp3) is 0.259. The van der Waals surface area contributed by atoms with E-state index >= 15 is 0 Å². The van der Waals surface area contributed by atoms with Crippen LogP contribution in [0.4, 0.5) is 4.39 Å². The molecule has 4 rings (SSSR count). The maximum atomic E-state index is 13.5. The molecule has 0 spiro atoms. The Bertz CT molecular complexity index is 1350. The molecule has 4 aromatic rings. The second-order valence-electron chi connectivity index (χ2n) is 8.67. The van der Waals surface area contributed by atoms with Crippen LogP contribution in [0.1, 0.15) is 25.0 Å². The van der Waals surface area contributed by atoms with Gasteiger partial charge in [-0.05, 0) is 73.0 Å². The lowest BCUT2D eigenvalue weighted by Gasteiger charge is -2.15. The summed E-state index contributed by atoms with van der Waals surface area (Å²) in [6, 6.07) is 20.7. The van der Waals surface area contributed by atoms with Gasteiger partial charge in [0.25, 0.3) is 5.56 Å². The van der Waals surface area contributed by atoms with Crippen molar-refractivity contribution in [2.45, 2.75) is 26.8 Å². The highest BCUT2D eigenvalue weighted by molar-refractivity contribution is 5.78. The van der Waals surface area contributed by atoms with Crippen LogP contribution in [0, 0.1) is 11.7 Å². The highest BCUT2D eigenvalue weighted by Crippen LogP contribution is 2.13. The van der Waals surface area contributed by atoms with Crippen LogP contribution < -0.4 is 16.6 Å². The molecule has 33 heavy (non-hydrogen) atoms. The van der Waals surface area contributed by atoms with Gasteiger partial charge in [0.15, 0.2) is 0 Å². The number of rotatable bonds is 8. The highest BCUT2D eigenvalue weighted by atomic mass is 19.1. The SMILES string of the molecule is CC(C)CNCCc1ccc(-n2c(=O)c3ccccc3n(Cc3ccc(F)cc3)c2=O)cc1. The van der Waals surface area contributed by atoms with Gasteiger partial charge in [0.1, 0.15) is 5.82 Å². The first-order valence-corrected chi connectivity index (χ1v) is 11.2. The minimum atomic E-state index is -0.422. The number of halogens is 1. The quantitative estimate of drug-likeness (QED) is 0.415. The molecule has 170 valence electrons. The summed E-state index contributed by atoms with van der Waals surface area (Å²) in [5.74, 6) is 0.268. The molecule has 0 unspecified atom stereocenters. The van der Waals surface area contributed by atoms with Gasteiger partial charge in [-0.15, -0.1) is 0 Å². The van der Waals surface area contributed by atoms with E-state index < -0.39 is 5.69 Å². The van der Waals surface area contributed by atoms with Gasteiger partial charge in [-0.25, -0.2) is 13.8 Å². The Labute approximate surface area is 192 Å². The Hall–Kier alpha value is -3.51. The molecule has 3 aromatic carbocycles. The summed E-state index contributed by atoms with van der Waals surface area (Å²) in [5.41, 5.74) is 2.23. The molecule has 0 aliphatic heterocycles. The van der Waals surface area contributed by atoms with Crippen LogP contribution in [0.3, 0.4) is 0 Å². The van der Waals surface area contributed by atoms with Crippen LogP contribution in [-0.2, 0) is 13.0 Å². The molecule has 5 nitrogen and oxygen atoms in total. The van der Waals surface area contributed by atoms with Crippen molar-refractivity contribution in [1.29, 1.82) is 0 Å². The van der Waals surface area contributed by atoms with Gasteiger partial charge in [0.05, 0.1) is 23.1 Å². The third kappa shape index (κ3) is 5.12. The number of nitrogens with zero attached hydrogens (tertiary/aromatic N) is 2. The summed E-state index contributed by atoms with van der Waals surface area (Å²) in [6.07, 6.45) is 0.869. The molecule has 0 aliphatic carbocycles. The van der Waals surface area contributed by atoms with Gasteiger partial charge < -0.3 is 5.32 Å². The summed E-state index contributed by atoms with van der Waals surface area (Å²) >= 11 is 0. The fourth-order valence-electron chi connectivity index (χ4n) is 3.91. The Morgan fingerprint density at radius 1 is 0.879 bits per heavy atom. The average Bonchev–Trinajstić information content (AvgIpc) is 2.81. The number of nitrogens with one attached hydrogen (secondary N) is 1. The molecule has 0 saturated carbocycles. The van der Waals surface area contributed by atoms with Gasteiger partial charge in [-0.2, -0.15) is 0 Å². The number of hydrogen-bond donors (Lipinski definition) is 1. The van der Waals surface area contributed by atoms with Crippen molar-refractivity contribution >= 4 is 10.9 Å². The van der Waals surface area contributed by atoms with E-state index in [4.69, 9.17) is 0 Å². The van der Waals surface area contributed by atoms with Crippen molar-refractivity contribution in [3.8, 4) is 5.69 Å². The Morgan fingerprint density at radius 2 is 1.55 bits per heavy atom. The monoisotopic (exact) mass is 445 g/mol. The first-order valence-electron chi connectivity index (χ1n) is 11.2. The number of fused-ring (bicyclic) bond motifs is 1. The number of hydrogen-bond acceptors (Lipinski definition) is 3. The van der Waals surface area contributed by atoms with Crippen LogP contribution in [-0.4, -0.2) is 22.2 Å². The van der Waals surface area contributed by atoms with E-state index in [1.165, 1.54) is 16.7 Å². The molecule has 1 heterocycles. The third-order valence-electron chi connectivity index (χ3n) is 5.64. The van der Waals surface area contributed by atoms with Crippen LogP contribution in [0.25, 0.3) is 16.6 Å². The standard InChI is InChI=1S/C27H28FN3O2/c1-19(2)17-29-16-15-20-9-13-23(14-10-20)31-26(32)24-5-3-4-6-25(24)30(27(31)33)18-21-7-11-22(28)12-8-21/h3-14,19,29H,15-18H2,1-2H3. The lowest BCUT2D eigenvalue weighted by atomic mass is 10.1. The highest BCUT2D eigenvalue weighted by Gasteiger charge is 2.15. The Kier molecular flexibility index (Phi) is 6.84. The Balaban J connectivity index is 1.71. The molecule has 0 fully saturated rings. The first-order chi connectivity index (χ1) is 15.9. The second-order valence-corrected chi connectivity index (χ2v) is 8.67. The van der Waals surface area contributed by atoms with E-state index in [9.17, 15) is 14.0 Å². The van der Waals surface area contributed by atoms with Crippen molar-refractivity contribution in [3.05, 3.63) is 111 Å². The Morgan fingerprint density at radius 3 is 2.24 bits per heavy atom. The van der Waals surface area contributed by atoms with Crippen molar-refractivity contribution in [1.82, 2.24) is 14.5 Å². The smallest absolute Gasteiger partial charge is 0.316 e. The molecular weight excluding hydrogens is 417 g/mol. The summed E-state index contributed by atoms with van der Waals surface area (Å²) in [5, 5.41) is 3.88. The van der Waals surface area contributed by atoms with E-state index in [0.717, 1.165) is 30.6 Å². The predicted octanol–water partition coefficient (Wildman–Crippen LogP) is 4.13. The zero-order valence-corrected chi connectivity index (χ0v) is 18.9. The molecule has 0 atom stereocenters. The number of benzene rings is 3. The van der Waals surface area contributed by atoms with Crippen LogP contribution in [0.2, 0.25) is 0 Å². The van der Waals surface area contributed by atoms with Crippen LogP contribution in [0.15, 0.2) is 82.4 Å². The van der Waals surface area contributed by atoms with Crippen molar-refractivity contribution in [3.63, 3.8) is 0 Å². The molecule has 0 aliphatic rings. The average molecular weight is 446 g/mol. The van der Waals surface area contributed by atoms with Crippen LogP contribution in [0.5, 0.6) is 0 Å². The minimum Gasteiger partial charge on any atom is -0.316 e. The van der Waals surface area contributed by atoms with Gasteiger partial charge in [-0.3, -0.25) is 9.36 Å². The van der Waals surface area contributed by atoms with E-state index in [1.54, 1.807) is 41.0 Å². The molecule has 6 heteroatoms. The summed E-state index contributed by atoms with van der Waals surface area (Å²) in [7, 11) is 0. The summed E-state index contributed by atoms with van der Waals surface area (Å²) in [4.78, 5) is 26.7. The lowest BCUT2D eigenvalue weighted by molar-refractivity contribution is 0.554. The van der Waals surface area contributed by atoms with Gasteiger partial charge in [-0.1, -0.05) is 50.2 Å². The van der Waals surface area contributed by atoms with E-state index in [-0.39, 0.29) is 17.9 Å².